The van der Waals surface area contributed by atoms with Crippen LogP contribution in [0.25, 0.3) is 0 Å². The molecule has 1 amide bonds. The highest BCUT2D eigenvalue weighted by molar-refractivity contribution is 7.89. The van der Waals surface area contributed by atoms with Gasteiger partial charge in [-0.1, -0.05) is 24.3 Å². The van der Waals surface area contributed by atoms with Gasteiger partial charge in [0.1, 0.15) is 5.82 Å². The van der Waals surface area contributed by atoms with Gasteiger partial charge in [-0.3, -0.25) is 4.79 Å². The predicted octanol–water partition coefficient (Wildman–Crippen LogP) is 1.92. The van der Waals surface area contributed by atoms with Crippen molar-refractivity contribution >= 4 is 15.9 Å². The molecule has 2 aromatic carbocycles. The van der Waals surface area contributed by atoms with Crippen LogP contribution < -0.4 is 15.4 Å². The average molecular weight is 393 g/mol. The molecule has 0 aliphatic rings. The molecule has 0 radical (unpaired) electrons. The van der Waals surface area contributed by atoms with E-state index < -0.39 is 15.8 Å². The van der Waals surface area contributed by atoms with Crippen molar-refractivity contribution in [1.82, 2.24) is 15.4 Å². The smallest absolute Gasteiger partial charge is 0.240 e. The van der Waals surface area contributed by atoms with Crippen molar-refractivity contribution in [3.05, 3.63) is 65.5 Å². The highest BCUT2D eigenvalue weighted by Gasteiger charge is 2.14. The monoisotopic (exact) mass is 393 g/mol. The molecule has 0 fully saturated rings. The minimum absolute atomic E-state index is 0.00742. The second kappa shape index (κ2) is 10.1. The van der Waals surface area contributed by atoms with Crippen LogP contribution in [0.15, 0.2) is 53.4 Å². The molecule has 3 N–H and O–H groups in total. The normalized spacial score (nSPS) is 11.3. The number of carbonyl (C=O) groups is 1. The number of hydrogen-bond acceptors (Lipinski definition) is 4. The van der Waals surface area contributed by atoms with Crippen molar-refractivity contribution in [3.8, 4) is 0 Å². The minimum atomic E-state index is -3.74. The molecule has 8 heteroatoms. The summed E-state index contributed by atoms with van der Waals surface area (Å²) < 4.78 is 40.6. The number of amides is 1. The molecule has 0 unspecified atom stereocenters. The van der Waals surface area contributed by atoms with E-state index in [2.05, 4.69) is 15.4 Å². The van der Waals surface area contributed by atoms with Crippen LogP contribution in [-0.2, 0) is 27.9 Å². The van der Waals surface area contributed by atoms with E-state index in [9.17, 15) is 17.6 Å². The van der Waals surface area contributed by atoms with E-state index in [1.165, 1.54) is 30.3 Å². The molecule has 0 aromatic heterocycles. The van der Waals surface area contributed by atoms with Crippen molar-refractivity contribution < 1.29 is 17.6 Å². The Morgan fingerprint density at radius 3 is 2.44 bits per heavy atom. The second-order valence-electron chi connectivity index (χ2n) is 6.09. The van der Waals surface area contributed by atoms with Crippen LogP contribution in [0, 0.1) is 5.82 Å². The van der Waals surface area contributed by atoms with Crippen molar-refractivity contribution in [1.29, 1.82) is 0 Å². The van der Waals surface area contributed by atoms with Crippen molar-refractivity contribution in [2.45, 2.75) is 30.8 Å². The number of halogens is 1. The molecule has 2 rings (SSSR count). The summed E-state index contributed by atoms with van der Waals surface area (Å²) in [5.74, 6) is -0.498. The van der Waals surface area contributed by atoms with Gasteiger partial charge in [0, 0.05) is 19.5 Å². The van der Waals surface area contributed by atoms with E-state index in [1.54, 1.807) is 18.2 Å². The second-order valence-corrected chi connectivity index (χ2v) is 7.85. The Bertz CT molecular complexity index is 872. The fourth-order valence-electron chi connectivity index (χ4n) is 2.45. The predicted molar refractivity (Wildman–Crippen MR) is 102 cm³/mol. The maximum Gasteiger partial charge on any atom is 0.240 e. The maximum absolute atomic E-state index is 13.2. The van der Waals surface area contributed by atoms with Gasteiger partial charge in [0.05, 0.1) is 4.90 Å². The molecule has 0 saturated heterocycles. The first-order valence-electron chi connectivity index (χ1n) is 8.65. The summed E-state index contributed by atoms with van der Waals surface area (Å²) >= 11 is 0. The van der Waals surface area contributed by atoms with Crippen molar-refractivity contribution in [2.24, 2.45) is 0 Å². The van der Waals surface area contributed by atoms with E-state index >= 15 is 0 Å². The third kappa shape index (κ3) is 7.09. The molecule has 0 aliphatic carbocycles. The Kier molecular flexibility index (Phi) is 7.90. The summed E-state index contributed by atoms with van der Waals surface area (Å²) in [6, 6.07) is 12.1. The molecule has 0 bridgehead atoms. The number of carbonyl (C=O) groups excluding carboxylic acids is 1. The summed E-state index contributed by atoms with van der Waals surface area (Å²) in [5, 5.41) is 5.75. The summed E-state index contributed by atoms with van der Waals surface area (Å²) in [6.07, 6.45) is 1.15. The fraction of sp³-hybridized carbons (Fsp3) is 0.316. The third-order valence-corrected chi connectivity index (χ3v) is 5.28. The van der Waals surface area contributed by atoms with Gasteiger partial charge >= 0.3 is 0 Å². The Balaban J connectivity index is 1.95. The molecular weight excluding hydrogens is 369 g/mol. The third-order valence-electron chi connectivity index (χ3n) is 3.88. The number of hydrogen-bond donors (Lipinski definition) is 3. The SMILES string of the molecule is CNCCCC(=O)NCc1cccc(S(=O)(=O)NCc2cccc(F)c2)c1. The van der Waals surface area contributed by atoms with Crippen LogP contribution in [0.1, 0.15) is 24.0 Å². The zero-order valence-corrected chi connectivity index (χ0v) is 16.0. The van der Waals surface area contributed by atoms with E-state index in [0.717, 1.165) is 13.0 Å². The van der Waals surface area contributed by atoms with Gasteiger partial charge < -0.3 is 10.6 Å². The number of sulfonamides is 1. The van der Waals surface area contributed by atoms with Crippen LogP contribution in [0.2, 0.25) is 0 Å². The highest BCUT2D eigenvalue weighted by atomic mass is 32.2. The first-order valence-corrected chi connectivity index (χ1v) is 10.1. The van der Waals surface area contributed by atoms with E-state index in [4.69, 9.17) is 0 Å². The van der Waals surface area contributed by atoms with Crippen LogP contribution in [-0.4, -0.2) is 27.9 Å². The Labute approximate surface area is 159 Å². The molecule has 0 saturated carbocycles. The standard InChI is InChI=1S/C19H24FN3O3S/c1-21-10-4-9-19(24)22-13-16-6-3-8-18(12-16)27(25,26)23-14-15-5-2-7-17(20)11-15/h2-3,5-8,11-12,21,23H,4,9-10,13-14H2,1H3,(H,22,24). The molecular formula is C19H24FN3O3S. The molecule has 0 atom stereocenters. The van der Waals surface area contributed by atoms with Gasteiger partial charge in [0.2, 0.25) is 15.9 Å². The summed E-state index contributed by atoms with van der Waals surface area (Å²) in [4.78, 5) is 11.9. The molecule has 0 aliphatic heterocycles. The summed E-state index contributed by atoms with van der Waals surface area (Å²) in [7, 11) is -1.92. The largest absolute Gasteiger partial charge is 0.352 e. The number of rotatable bonds is 10. The van der Waals surface area contributed by atoms with Crippen molar-refractivity contribution in [3.63, 3.8) is 0 Å². The molecule has 6 nitrogen and oxygen atoms in total. The van der Waals surface area contributed by atoms with Gasteiger partial charge in [0.15, 0.2) is 0 Å². The van der Waals surface area contributed by atoms with E-state index in [1.807, 2.05) is 7.05 Å². The van der Waals surface area contributed by atoms with Gasteiger partial charge in [-0.05, 0) is 55.4 Å². The topological polar surface area (TPSA) is 87.3 Å². The van der Waals surface area contributed by atoms with E-state index in [0.29, 0.717) is 17.5 Å². The number of nitrogens with one attached hydrogen (secondary N) is 3. The lowest BCUT2D eigenvalue weighted by molar-refractivity contribution is -0.121. The first-order chi connectivity index (χ1) is 12.9. The molecule has 0 spiro atoms. The van der Waals surface area contributed by atoms with E-state index in [-0.39, 0.29) is 23.9 Å². The fourth-order valence-corrected chi connectivity index (χ4v) is 3.53. The maximum atomic E-state index is 13.2. The van der Waals surface area contributed by atoms with Gasteiger partial charge in [-0.25, -0.2) is 17.5 Å². The van der Waals surface area contributed by atoms with Crippen LogP contribution in [0.3, 0.4) is 0 Å². The van der Waals surface area contributed by atoms with Crippen molar-refractivity contribution in [2.75, 3.05) is 13.6 Å². The molecule has 27 heavy (non-hydrogen) atoms. The average Bonchev–Trinajstić information content (AvgIpc) is 2.65. The highest BCUT2D eigenvalue weighted by Crippen LogP contribution is 2.13. The van der Waals surface area contributed by atoms with Crippen LogP contribution >= 0.6 is 0 Å². The molecule has 2 aromatic rings. The lowest BCUT2D eigenvalue weighted by atomic mass is 10.2. The van der Waals surface area contributed by atoms with Gasteiger partial charge in [-0.15, -0.1) is 0 Å². The molecule has 0 heterocycles. The zero-order chi connectivity index (χ0) is 19.7. The Hall–Kier alpha value is -2.29. The Morgan fingerprint density at radius 1 is 1.04 bits per heavy atom. The van der Waals surface area contributed by atoms with Gasteiger partial charge in [0.25, 0.3) is 0 Å². The summed E-state index contributed by atoms with van der Waals surface area (Å²) in [6.45, 7) is 1.01. The zero-order valence-electron chi connectivity index (χ0n) is 15.2. The Morgan fingerprint density at radius 2 is 1.74 bits per heavy atom. The van der Waals surface area contributed by atoms with Crippen LogP contribution in [0.5, 0.6) is 0 Å². The van der Waals surface area contributed by atoms with Gasteiger partial charge in [-0.2, -0.15) is 0 Å². The quantitative estimate of drug-likeness (QED) is 0.538. The number of benzene rings is 2. The lowest BCUT2D eigenvalue weighted by Gasteiger charge is -2.10. The first kappa shape index (κ1) is 21.0. The minimum Gasteiger partial charge on any atom is -0.352 e. The lowest BCUT2D eigenvalue weighted by Crippen LogP contribution is -2.25. The molecule has 146 valence electrons. The van der Waals surface area contributed by atoms with Crippen LogP contribution in [0.4, 0.5) is 4.39 Å². The summed E-state index contributed by atoms with van der Waals surface area (Å²) in [5.41, 5.74) is 1.22.